The summed E-state index contributed by atoms with van der Waals surface area (Å²) in [6.07, 6.45) is 0.207. The Bertz CT molecular complexity index is 835. The third-order valence-corrected chi connectivity index (χ3v) is 4.44. The maximum Gasteiger partial charge on any atom is 0.226 e. The molecule has 0 spiro atoms. The van der Waals surface area contributed by atoms with Gasteiger partial charge in [-0.25, -0.2) is 4.98 Å². The molecule has 5 nitrogen and oxygen atoms in total. The van der Waals surface area contributed by atoms with Crippen LogP contribution in [0.3, 0.4) is 0 Å². The van der Waals surface area contributed by atoms with Gasteiger partial charge in [-0.3, -0.25) is 4.79 Å². The quantitative estimate of drug-likeness (QED) is 0.803. The molecule has 0 fully saturated rings. The summed E-state index contributed by atoms with van der Waals surface area (Å²) in [4.78, 5) is 16.4. The predicted octanol–water partition coefficient (Wildman–Crippen LogP) is 3.07. The first-order valence-corrected chi connectivity index (χ1v) is 7.94. The largest absolute Gasteiger partial charge is 0.356 e. The molecule has 0 aliphatic carbocycles. The van der Waals surface area contributed by atoms with Crippen molar-refractivity contribution in [2.45, 2.75) is 33.7 Å². The van der Waals surface area contributed by atoms with Gasteiger partial charge in [0.1, 0.15) is 5.69 Å². The maximum atomic E-state index is 12.1. The minimum atomic E-state index is -0.0842. The number of aryl methyl sites for hydroxylation is 3. The Morgan fingerprint density at radius 3 is 2.77 bits per heavy atom. The molecule has 22 heavy (non-hydrogen) atoms. The Morgan fingerprint density at radius 2 is 2.05 bits per heavy atom. The number of carbonyl (C=O) groups is 1. The van der Waals surface area contributed by atoms with Crippen LogP contribution in [0.2, 0.25) is 0 Å². The lowest BCUT2D eigenvalue weighted by molar-refractivity contribution is -0.120. The highest BCUT2D eigenvalue weighted by Gasteiger charge is 2.13. The van der Waals surface area contributed by atoms with Gasteiger partial charge in [0.2, 0.25) is 5.91 Å². The summed E-state index contributed by atoms with van der Waals surface area (Å²) < 4.78 is 5.31. The van der Waals surface area contributed by atoms with E-state index in [1.165, 1.54) is 0 Å². The van der Waals surface area contributed by atoms with E-state index in [1.807, 2.05) is 38.3 Å². The zero-order chi connectivity index (χ0) is 15.7. The average molecular weight is 315 g/mol. The van der Waals surface area contributed by atoms with Crippen molar-refractivity contribution in [3.8, 4) is 0 Å². The lowest BCUT2D eigenvalue weighted by Gasteiger charge is -2.02. The van der Waals surface area contributed by atoms with E-state index >= 15 is 0 Å². The van der Waals surface area contributed by atoms with E-state index in [4.69, 9.17) is 4.52 Å². The van der Waals surface area contributed by atoms with E-state index in [9.17, 15) is 4.79 Å². The van der Waals surface area contributed by atoms with Gasteiger partial charge in [-0.1, -0.05) is 5.16 Å². The molecule has 0 saturated heterocycles. The number of benzene rings is 1. The molecule has 2 heterocycles. The third-order valence-electron chi connectivity index (χ3n) is 3.62. The van der Waals surface area contributed by atoms with Gasteiger partial charge in [0, 0.05) is 10.8 Å². The molecule has 0 saturated carbocycles. The monoisotopic (exact) mass is 315 g/mol. The lowest BCUT2D eigenvalue weighted by Crippen LogP contribution is -2.24. The molecule has 1 aromatic carbocycles. The third kappa shape index (κ3) is 3.01. The Balaban J connectivity index is 1.70. The lowest BCUT2D eigenvalue weighted by atomic mass is 10.1. The first-order valence-electron chi connectivity index (χ1n) is 7.06. The predicted molar refractivity (Wildman–Crippen MR) is 85.9 cm³/mol. The van der Waals surface area contributed by atoms with Crippen molar-refractivity contribution in [2.75, 3.05) is 0 Å². The van der Waals surface area contributed by atoms with E-state index < -0.39 is 0 Å². The van der Waals surface area contributed by atoms with Crippen molar-refractivity contribution in [1.29, 1.82) is 0 Å². The van der Waals surface area contributed by atoms with Gasteiger partial charge in [-0.15, -0.1) is 11.3 Å². The molecular weight excluding hydrogens is 298 g/mol. The van der Waals surface area contributed by atoms with Crippen molar-refractivity contribution >= 4 is 28.2 Å². The van der Waals surface area contributed by atoms with E-state index in [0.717, 1.165) is 32.8 Å². The number of nitrogens with zero attached hydrogens (tertiary/aromatic N) is 2. The van der Waals surface area contributed by atoms with Crippen molar-refractivity contribution in [2.24, 2.45) is 0 Å². The normalized spacial score (nSPS) is 11.0. The van der Waals surface area contributed by atoms with E-state index in [0.29, 0.717) is 12.2 Å². The molecule has 0 aliphatic heterocycles. The van der Waals surface area contributed by atoms with Gasteiger partial charge in [0.05, 0.1) is 23.7 Å². The van der Waals surface area contributed by atoms with E-state index in [2.05, 4.69) is 15.5 Å². The fourth-order valence-corrected chi connectivity index (χ4v) is 2.88. The molecule has 0 atom stereocenters. The van der Waals surface area contributed by atoms with Crippen LogP contribution >= 0.6 is 11.3 Å². The SMILES string of the molecule is Cc1nc(CNC(=O)Cc2noc3cc(C)c(C)cc23)cs1. The van der Waals surface area contributed by atoms with Gasteiger partial charge in [0.25, 0.3) is 0 Å². The van der Waals surface area contributed by atoms with Crippen molar-refractivity contribution < 1.29 is 9.32 Å². The Kier molecular flexibility index (Phi) is 3.94. The number of hydrogen-bond donors (Lipinski definition) is 1. The van der Waals surface area contributed by atoms with Gasteiger partial charge in [-0.05, 0) is 44.0 Å². The Hall–Kier alpha value is -2.21. The molecule has 0 unspecified atom stereocenters. The maximum absolute atomic E-state index is 12.1. The molecule has 0 radical (unpaired) electrons. The van der Waals surface area contributed by atoms with Crippen molar-refractivity contribution in [3.63, 3.8) is 0 Å². The molecule has 3 aromatic rings. The highest BCUT2D eigenvalue weighted by molar-refractivity contribution is 7.09. The number of fused-ring (bicyclic) bond motifs is 1. The molecule has 0 bridgehead atoms. The van der Waals surface area contributed by atoms with Crippen LogP contribution in [-0.2, 0) is 17.8 Å². The van der Waals surface area contributed by atoms with Crippen LogP contribution < -0.4 is 5.32 Å². The number of hydrogen-bond acceptors (Lipinski definition) is 5. The number of thiazole rings is 1. The summed E-state index contributed by atoms with van der Waals surface area (Å²) in [7, 11) is 0. The summed E-state index contributed by atoms with van der Waals surface area (Å²) in [5.74, 6) is -0.0842. The minimum Gasteiger partial charge on any atom is -0.356 e. The van der Waals surface area contributed by atoms with Crippen LogP contribution in [0.25, 0.3) is 11.0 Å². The molecule has 0 aliphatic rings. The van der Waals surface area contributed by atoms with Crippen LogP contribution in [0.1, 0.15) is 27.5 Å². The number of nitrogens with one attached hydrogen (secondary N) is 1. The average Bonchev–Trinajstić information content (AvgIpc) is 3.05. The van der Waals surface area contributed by atoms with Gasteiger partial charge in [-0.2, -0.15) is 0 Å². The van der Waals surface area contributed by atoms with Crippen molar-refractivity contribution in [3.05, 3.63) is 45.0 Å². The zero-order valence-electron chi connectivity index (χ0n) is 12.8. The van der Waals surface area contributed by atoms with Crippen LogP contribution in [0.4, 0.5) is 0 Å². The van der Waals surface area contributed by atoms with Gasteiger partial charge < -0.3 is 9.84 Å². The molecule has 2 aromatic heterocycles. The molecule has 1 amide bonds. The van der Waals surface area contributed by atoms with Gasteiger partial charge >= 0.3 is 0 Å². The summed E-state index contributed by atoms with van der Waals surface area (Å²) in [6, 6.07) is 3.98. The van der Waals surface area contributed by atoms with Crippen LogP contribution in [0.5, 0.6) is 0 Å². The summed E-state index contributed by atoms with van der Waals surface area (Å²) in [5.41, 5.74) is 4.59. The number of carbonyl (C=O) groups excluding carboxylic acids is 1. The zero-order valence-corrected chi connectivity index (χ0v) is 13.6. The first kappa shape index (κ1) is 14.7. The second-order valence-corrected chi connectivity index (χ2v) is 6.44. The second kappa shape index (κ2) is 5.88. The standard InChI is InChI=1S/C16H17N3O2S/c1-9-4-13-14(19-21-15(13)5-10(9)2)6-16(20)17-7-12-8-22-11(3)18-12/h4-5,8H,6-7H2,1-3H3,(H,17,20). The van der Waals surface area contributed by atoms with Crippen LogP contribution in [0, 0.1) is 20.8 Å². The minimum absolute atomic E-state index is 0.0842. The van der Waals surface area contributed by atoms with Crippen LogP contribution in [-0.4, -0.2) is 16.0 Å². The number of aromatic nitrogens is 2. The Labute approximate surface area is 132 Å². The Morgan fingerprint density at radius 1 is 1.27 bits per heavy atom. The summed E-state index contributed by atoms with van der Waals surface area (Å²) in [5, 5.41) is 10.7. The molecular formula is C16H17N3O2S. The topological polar surface area (TPSA) is 68.0 Å². The molecule has 1 N–H and O–H groups in total. The van der Waals surface area contributed by atoms with Gasteiger partial charge in [0.15, 0.2) is 5.58 Å². The van der Waals surface area contributed by atoms with E-state index in [-0.39, 0.29) is 12.3 Å². The first-order chi connectivity index (χ1) is 10.5. The number of amides is 1. The fourth-order valence-electron chi connectivity index (χ4n) is 2.26. The summed E-state index contributed by atoms with van der Waals surface area (Å²) >= 11 is 1.58. The smallest absolute Gasteiger partial charge is 0.226 e. The molecule has 114 valence electrons. The highest BCUT2D eigenvalue weighted by atomic mass is 32.1. The molecule has 6 heteroatoms. The van der Waals surface area contributed by atoms with Crippen LogP contribution in [0.15, 0.2) is 22.0 Å². The van der Waals surface area contributed by atoms with Crippen molar-refractivity contribution in [1.82, 2.24) is 15.5 Å². The fraction of sp³-hybridized carbons (Fsp3) is 0.312. The second-order valence-electron chi connectivity index (χ2n) is 5.37. The summed E-state index contributed by atoms with van der Waals surface area (Å²) in [6.45, 7) is 6.45. The molecule has 3 rings (SSSR count). The van der Waals surface area contributed by atoms with E-state index in [1.54, 1.807) is 11.3 Å². The number of rotatable bonds is 4. The highest BCUT2D eigenvalue weighted by Crippen LogP contribution is 2.23.